The predicted molar refractivity (Wildman–Crippen MR) is 93.8 cm³/mol. The number of carbonyl (C=O) groups excluding carboxylic acids is 1. The van der Waals surface area contributed by atoms with Crippen LogP contribution in [0.1, 0.15) is 12.8 Å². The third kappa shape index (κ3) is 5.62. The molecule has 0 bridgehead atoms. The van der Waals surface area contributed by atoms with Gasteiger partial charge in [0.2, 0.25) is 0 Å². The van der Waals surface area contributed by atoms with Crippen molar-refractivity contribution in [1.29, 1.82) is 0 Å². The summed E-state index contributed by atoms with van der Waals surface area (Å²) in [4.78, 5) is 11.8. The molecule has 0 unspecified atom stereocenters. The molecule has 1 amide bonds. The van der Waals surface area contributed by atoms with Crippen molar-refractivity contribution >= 4 is 17.5 Å². The van der Waals surface area contributed by atoms with Crippen molar-refractivity contribution in [2.75, 3.05) is 26.8 Å². The zero-order chi connectivity index (χ0) is 17.4. The average molecular weight is 354 g/mol. The van der Waals surface area contributed by atoms with Crippen molar-refractivity contribution < 1.29 is 14.3 Å². The van der Waals surface area contributed by atoms with Crippen LogP contribution in [-0.4, -0.2) is 38.8 Å². The van der Waals surface area contributed by atoms with E-state index in [0.29, 0.717) is 36.4 Å². The fraction of sp³-hybridized carbons (Fsp3) is 0.471. The van der Waals surface area contributed by atoms with Gasteiger partial charge in [0.15, 0.2) is 0 Å². The van der Waals surface area contributed by atoms with Gasteiger partial charge in [-0.05, 0) is 37.1 Å². The summed E-state index contributed by atoms with van der Waals surface area (Å²) in [5.74, 6) is 0.934. The van der Waals surface area contributed by atoms with E-state index in [4.69, 9.17) is 26.8 Å². The highest BCUT2D eigenvalue weighted by atomic mass is 35.5. The number of amides is 1. The molecule has 2 atom stereocenters. The van der Waals surface area contributed by atoms with Crippen molar-refractivity contribution in [3.05, 3.63) is 41.2 Å². The van der Waals surface area contributed by atoms with Gasteiger partial charge in [-0.25, -0.2) is 0 Å². The molecule has 2 rings (SSSR count). The number of likely N-dealkylation sites (N-methyl/N-ethyl adjacent to an activating group) is 1. The fourth-order valence-corrected chi connectivity index (χ4v) is 2.60. The molecule has 1 aliphatic heterocycles. The van der Waals surface area contributed by atoms with Crippen molar-refractivity contribution in [2.45, 2.75) is 18.9 Å². The van der Waals surface area contributed by atoms with Crippen LogP contribution in [0.15, 0.2) is 36.2 Å². The first-order valence-electron chi connectivity index (χ1n) is 8.00. The van der Waals surface area contributed by atoms with Crippen LogP contribution in [0.25, 0.3) is 0 Å². The van der Waals surface area contributed by atoms with Crippen LogP contribution in [0.3, 0.4) is 0 Å². The SMILES string of the molecule is CN/C(=C\N)C(=O)NC[C@H]1CC[C@@H](COc2ccc(Cl)cc2)CO1. The van der Waals surface area contributed by atoms with E-state index < -0.39 is 0 Å². The lowest BCUT2D eigenvalue weighted by atomic mass is 9.99. The summed E-state index contributed by atoms with van der Waals surface area (Å²) in [7, 11) is 1.65. The number of nitrogens with two attached hydrogens (primary N) is 1. The van der Waals surface area contributed by atoms with Gasteiger partial charge < -0.3 is 25.8 Å². The van der Waals surface area contributed by atoms with Crippen molar-refractivity contribution in [3.8, 4) is 5.75 Å². The first-order valence-corrected chi connectivity index (χ1v) is 8.38. The molecule has 6 nitrogen and oxygen atoms in total. The molecule has 132 valence electrons. The Hall–Kier alpha value is -1.92. The molecule has 1 aromatic rings. The Morgan fingerprint density at radius 2 is 2.17 bits per heavy atom. The Morgan fingerprint density at radius 1 is 1.42 bits per heavy atom. The number of rotatable bonds is 7. The third-order valence-corrected chi connectivity index (χ3v) is 4.19. The molecule has 1 fully saturated rings. The van der Waals surface area contributed by atoms with E-state index in [1.54, 1.807) is 7.05 Å². The van der Waals surface area contributed by atoms with E-state index in [0.717, 1.165) is 18.6 Å². The van der Waals surface area contributed by atoms with E-state index >= 15 is 0 Å². The highest BCUT2D eigenvalue weighted by Crippen LogP contribution is 2.21. The first-order chi connectivity index (χ1) is 11.6. The van der Waals surface area contributed by atoms with Crippen LogP contribution in [0.5, 0.6) is 5.75 Å². The Kier molecular flexibility index (Phi) is 7.21. The molecule has 0 spiro atoms. The van der Waals surface area contributed by atoms with Gasteiger partial charge >= 0.3 is 0 Å². The van der Waals surface area contributed by atoms with Crippen molar-refractivity contribution in [1.82, 2.24) is 10.6 Å². The van der Waals surface area contributed by atoms with Crippen molar-refractivity contribution in [3.63, 3.8) is 0 Å². The van der Waals surface area contributed by atoms with Crippen LogP contribution in [0, 0.1) is 5.92 Å². The normalized spacial score (nSPS) is 21.2. The first kappa shape index (κ1) is 18.4. The predicted octanol–water partition coefficient (Wildman–Crippen LogP) is 1.65. The highest BCUT2D eigenvalue weighted by molar-refractivity contribution is 6.30. The Morgan fingerprint density at radius 3 is 2.75 bits per heavy atom. The van der Waals surface area contributed by atoms with Gasteiger partial charge in [0, 0.05) is 30.7 Å². The second-order valence-corrected chi connectivity index (χ2v) is 6.14. The Labute approximate surface area is 147 Å². The molecule has 1 aromatic carbocycles. The van der Waals surface area contributed by atoms with E-state index in [1.807, 2.05) is 24.3 Å². The average Bonchev–Trinajstić information content (AvgIpc) is 2.61. The quantitative estimate of drug-likeness (QED) is 0.649. The van der Waals surface area contributed by atoms with Gasteiger partial charge in [0.1, 0.15) is 11.4 Å². The number of carbonyl (C=O) groups is 1. The van der Waals surface area contributed by atoms with E-state index in [-0.39, 0.29) is 12.0 Å². The zero-order valence-corrected chi connectivity index (χ0v) is 14.5. The zero-order valence-electron chi connectivity index (χ0n) is 13.8. The smallest absolute Gasteiger partial charge is 0.268 e. The van der Waals surface area contributed by atoms with Gasteiger partial charge in [-0.3, -0.25) is 4.79 Å². The largest absolute Gasteiger partial charge is 0.493 e. The van der Waals surface area contributed by atoms with Crippen LogP contribution in [0.4, 0.5) is 0 Å². The minimum Gasteiger partial charge on any atom is -0.493 e. The second-order valence-electron chi connectivity index (χ2n) is 5.70. The number of hydrogen-bond acceptors (Lipinski definition) is 5. The van der Waals surface area contributed by atoms with Crippen LogP contribution >= 0.6 is 11.6 Å². The minimum atomic E-state index is -0.225. The molecule has 0 aliphatic carbocycles. The van der Waals surface area contributed by atoms with Crippen molar-refractivity contribution in [2.24, 2.45) is 11.7 Å². The summed E-state index contributed by atoms with van der Waals surface area (Å²) in [6.07, 6.45) is 3.16. The van der Waals surface area contributed by atoms with Gasteiger partial charge in [-0.15, -0.1) is 0 Å². The maximum Gasteiger partial charge on any atom is 0.268 e. The van der Waals surface area contributed by atoms with Gasteiger partial charge in [-0.1, -0.05) is 11.6 Å². The monoisotopic (exact) mass is 353 g/mol. The molecule has 1 saturated heterocycles. The van der Waals surface area contributed by atoms with E-state index in [2.05, 4.69) is 10.6 Å². The van der Waals surface area contributed by atoms with Gasteiger partial charge in [-0.2, -0.15) is 0 Å². The molecule has 24 heavy (non-hydrogen) atoms. The lowest BCUT2D eigenvalue weighted by molar-refractivity contribution is -0.119. The lowest BCUT2D eigenvalue weighted by Crippen LogP contribution is -2.40. The highest BCUT2D eigenvalue weighted by Gasteiger charge is 2.23. The number of halogens is 1. The number of benzene rings is 1. The van der Waals surface area contributed by atoms with E-state index in [1.165, 1.54) is 6.20 Å². The third-order valence-electron chi connectivity index (χ3n) is 3.93. The summed E-state index contributed by atoms with van der Waals surface area (Å²) in [6.45, 7) is 1.71. The summed E-state index contributed by atoms with van der Waals surface area (Å²) >= 11 is 5.85. The molecule has 0 saturated carbocycles. The molecule has 0 aromatic heterocycles. The summed E-state index contributed by atoms with van der Waals surface area (Å²) in [5, 5.41) is 6.25. The maximum absolute atomic E-state index is 11.8. The lowest BCUT2D eigenvalue weighted by Gasteiger charge is -2.29. The fourth-order valence-electron chi connectivity index (χ4n) is 2.47. The minimum absolute atomic E-state index is 0.0246. The topological polar surface area (TPSA) is 85.6 Å². The molecular weight excluding hydrogens is 330 g/mol. The van der Waals surface area contributed by atoms with Crippen LogP contribution < -0.4 is 21.1 Å². The molecule has 4 N–H and O–H groups in total. The molecular formula is C17H24ClN3O3. The molecule has 7 heteroatoms. The maximum atomic E-state index is 11.8. The summed E-state index contributed by atoms with van der Waals surface area (Å²) < 4.78 is 11.6. The van der Waals surface area contributed by atoms with E-state index in [9.17, 15) is 4.79 Å². The summed E-state index contributed by atoms with van der Waals surface area (Å²) in [5.41, 5.74) is 5.71. The molecule has 0 radical (unpaired) electrons. The number of nitrogens with one attached hydrogen (secondary N) is 2. The standard InChI is InChI=1S/C17H24ClN3O3/c1-20-16(8-19)17(22)21-9-15-5-2-12(11-24-15)10-23-14-6-3-13(18)4-7-14/h3-4,6-8,12,15,20H,2,5,9-11,19H2,1H3,(H,21,22)/b16-8-/t12-,15+/m0/s1. The molecule has 1 heterocycles. The van der Waals surface area contributed by atoms with Crippen LogP contribution in [-0.2, 0) is 9.53 Å². The molecule has 1 aliphatic rings. The Balaban J connectivity index is 1.66. The number of ether oxygens (including phenoxy) is 2. The van der Waals surface area contributed by atoms with Gasteiger partial charge in [0.05, 0.1) is 19.3 Å². The van der Waals surface area contributed by atoms with Crippen LogP contribution in [0.2, 0.25) is 5.02 Å². The second kappa shape index (κ2) is 9.39. The Bertz CT molecular complexity index is 555. The number of hydrogen-bond donors (Lipinski definition) is 3. The van der Waals surface area contributed by atoms with Gasteiger partial charge in [0.25, 0.3) is 5.91 Å². The summed E-state index contributed by atoms with van der Waals surface area (Å²) in [6, 6.07) is 7.33.